The third kappa shape index (κ3) is 3.33. The van der Waals surface area contributed by atoms with Crippen LogP contribution < -0.4 is 10.9 Å². The second-order valence-electron chi connectivity index (χ2n) is 7.32. The zero-order valence-corrected chi connectivity index (χ0v) is 16.9. The van der Waals surface area contributed by atoms with Gasteiger partial charge in [0.05, 0.1) is 0 Å². The maximum Gasteiger partial charge on any atom is 0.255 e. The number of amides is 1. The number of aromatic nitrogens is 1. The van der Waals surface area contributed by atoms with E-state index in [4.69, 9.17) is 4.42 Å². The van der Waals surface area contributed by atoms with Crippen LogP contribution in [0.3, 0.4) is 0 Å². The smallest absolute Gasteiger partial charge is 0.255 e. The van der Waals surface area contributed by atoms with Gasteiger partial charge in [0.15, 0.2) is 5.58 Å². The van der Waals surface area contributed by atoms with E-state index in [-0.39, 0.29) is 17.2 Å². The third-order valence-corrected chi connectivity index (χ3v) is 5.29. The maximum atomic E-state index is 12.9. The molecular weight excluding hydrogens is 404 g/mol. The van der Waals surface area contributed by atoms with E-state index in [0.717, 1.165) is 16.5 Å². The van der Waals surface area contributed by atoms with Crippen molar-refractivity contribution in [3.63, 3.8) is 0 Å². The summed E-state index contributed by atoms with van der Waals surface area (Å²) in [6, 6.07) is 22.9. The lowest BCUT2D eigenvalue weighted by molar-refractivity contribution is -0.111. The highest BCUT2D eigenvalue weighted by molar-refractivity contribution is 6.05. The second kappa shape index (κ2) is 7.59. The Balaban J connectivity index is 1.69. The molecule has 156 valence electrons. The zero-order valence-electron chi connectivity index (χ0n) is 16.9. The van der Waals surface area contributed by atoms with Crippen molar-refractivity contribution >= 4 is 33.7 Å². The molecule has 2 aromatic heterocycles. The van der Waals surface area contributed by atoms with Crippen LogP contribution in [-0.2, 0) is 4.79 Å². The Hall–Kier alpha value is -4.58. The van der Waals surface area contributed by atoms with E-state index in [1.165, 1.54) is 12.1 Å². The highest BCUT2D eigenvalue weighted by Gasteiger charge is 2.15. The van der Waals surface area contributed by atoms with E-state index < -0.39 is 0 Å². The van der Waals surface area contributed by atoms with Crippen LogP contribution in [0.4, 0.5) is 5.69 Å². The molecule has 3 aromatic carbocycles. The van der Waals surface area contributed by atoms with Crippen LogP contribution in [0.1, 0.15) is 0 Å². The Kier molecular flexibility index (Phi) is 4.60. The number of furan rings is 1. The molecule has 2 N–H and O–H groups in total. The number of carbonyl (C=O) groups is 1. The molecule has 32 heavy (non-hydrogen) atoms. The molecule has 5 rings (SSSR count). The van der Waals surface area contributed by atoms with Gasteiger partial charge in [-0.15, -0.1) is 0 Å². The fourth-order valence-electron chi connectivity index (χ4n) is 3.76. The van der Waals surface area contributed by atoms with Crippen molar-refractivity contribution in [3.8, 4) is 22.6 Å². The monoisotopic (exact) mass is 422 g/mol. The number of aromatic hydroxyl groups is 1. The quantitative estimate of drug-likeness (QED) is 0.388. The van der Waals surface area contributed by atoms with Crippen LogP contribution in [0.15, 0.2) is 101 Å². The van der Waals surface area contributed by atoms with Crippen LogP contribution in [0.2, 0.25) is 0 Å². The number of carbonyl (C=O) groups excluding carboxylic acids is 1. The molecular formula is C26H18N2O4. The summed E-state index contributed by atoms with van der Waals surface area (Å²) in [5.74, 6) is -0.107. The first-order valence-electron chi connectivity index (χ1n) is 9.95. The molecule has 0 saturated carbocycles. The van der Waals surface area contributed by atoms with Gasteiger partial charge in [-0.3, -0.25) is 14.2 Å². The average Bonchev–Trinajstić information content (AvgIpc) is 3.18. The van der Waals surface area contributed by atoms with Crippen molar-refractivity contribution < 1.29 is 14.3 Å². The van der Waals surface area contributed by atoms with Gasteiger partial charge in [0.1, 0.15) is 16.8 Å². The average molecular weight is 422 g/mol. The van der Waals surface area contributed by atoms with Crippen LogP contribution in [0.25, 0.3) is 38.9 Å². The summed E-state index contributed by atoms with van der Waals surface area (Å²) >= 11 is 0. The largest absolute Gasteiger partial charge is 0.508 e. The molecule has 0 unspecified atom stereocenters. The summed E-state index contributed by atoms with van der Waals surface area (Å²) in [5.41, 5.74) is 4.84. The Bertz CT molecular complexity index is 1540. The number of anilines is 1. The number of pyridine rings is 1. The Morgan fingerprint density at radius 2 is 1.59 bits per heavy atom. The lowest BCUT2D eigenvalue weighted by Gasteiger charge is -2.09. The Morgan fingerprint density at radius 3 is 2.31 bits per heavy atom. The van der Waals surface area contributed by atoms with Crippen molar-refractivity contribution in [2.24, 2.45) is 0 Å². The fraction of sp³-hybridized carbons (Fsp3) is 0. The van der Waals surface area contributed by atoms with E-state index in [1.54, 1.807) is 47.0 Å². The van der Waals surface area contributed by atoms with E-state index in [1.807, 2.05) is 30.3 Å². The highest BCUT2D eigenvalue weighted by Crippen LogP contribution is 2.33. The second-order valence-corrected chi connectivity index (χ2v) is 7.32. The molecule has 0 aliphatic heterocycles. The van der Waals surface area contributed by atoms with Gasteiger partial charge in [0.25, 0.3) is 5.56 Å². The summed E-state index contributed by atoms with van der Waals surface area (Å²) in [6.07, 6.45) is 1.20. The number of benzene rings is 3. The molecule has 6 nitrogen and oxygen atoms in total. The number of hydrogen-bond donors (Lipinski definition) is 2. The molecule has 0 radical (unpaired) electrons. The zero-order chi connectivity index (χ0) is 22.2. The number of nitrogens with zero attached hydrogens (tertiary/aromatic N) is 1. The van der Waals surface area contributed by atoms with Crippen molar-refractivity contribution in [3.05, 3.63) is 102 Å². The van der Waals surface area contributed by atoms with Gasteiger partial charge < -0.3 is 14.8 Å². The van der Waals surface area contributed by atoms with Gasteiger partial charge in [0.2, 0.25) is 5.91 Å². The minimum atomic E-state index is -0.306. The first-order valence-corrected chi connectivity index (χ1v) is 9.95. The summed E-state index contributed by atoms with van der Waals surface area (Å²) in [5, 5.41) is 13.1. The first kappa shape index (κ1) is 19.4. The molecule has 1 amide bonds. The summed E-state index contributed by atoms with van der Waals surface area (Å²) in [6.45, 7) is 3.44. The highest BCUT2D eigenvalue weighted by atomic mass is 16.3. The molecule has 0 atom stereocenters. The number of hydrogen-bond acceptors (Lipinski definition) is 4. The summed E-state index contributed by atoms with van der Waals surface area (Å²) in [7, 11) is 0. The van der Waals surface area contributed by atoms with E-state index in [9.17, 15) is 14.7 Å². The number of nitrogens with one attached hydrogen (secondary N) is 1. The number of fused-ring (bicyclic) bond motifs is 3. The minimum Gasteiger partial charge on any atom is -0.508 e. The standard InChI is InChI=1S/C26H18N2O4/c1-2-24(30)27-18-6-8-19(9-7-18)28-25(31)14-13-23-26(28)21-15-17(5-12-22(21)32-23)16-3-10-20(29)11-4-16/h2-15,29H,1H2,(H,27,30). The fourth-order valence-corrected chi connectivity index (χ4v) is 3.76. The van der Waals surface area contributed by atoms with Crippen molar-refractivity contribution in [1.82, 2.24) is 4.57 Å². The predicted octanol–water partition coefficient (Wildman–Crippen LogP) is 5.23. The SMILES string of the molecule is C=CC(=O)Nc1ccc(-n2c(=O)ccc3oc4ccc(-c5ccc(O)cc5)cc4c32)cc1. The number of rotatable bonds is 4. The van der Waals surface area contributed by atoms with Gasteiger partial charge in [-0.05, 0) is 71.8 Å². The lowest BCUT2D eigenvalue weighted by atomic mass is 10.0. The van der Waals surface area contributed by atoms with Crippen molar-refractivity contribution in [2.75, 3.05) is 5.32 Å². The number of phenolic OH excluding ortho intramolecular Hbond substituents is 1. The molecule has 5 aromatic rings. The van der Waals surface area contributed by atoms with Gasteiger partial charge in [-0.25, -0.2) is 0 Å². The van der Waals surface area contributed by atoms with Crippen LogP contribution in [0.5, 0.6) is 5.75 Å². The molecule has 0 bridgehead atoms. The number of phenols is 1. The Labute approximate surface area is 182 Å². The minimum absolute atomic E-state index is 0.196. The lowest BCUT2D eigenvalue weighted by Crippen LogP contribution is -2.17. The van der Waals surface area contributed by atoms with Crippen LogP contribution in [0, 0.1) is 0 Å². The molecule has 0 aliphatic rings. The first-order chi connectivity index (χ1) is 15.5. The van der Waals surface area contributed by atoms with E-state index >= 15 is 0 Å². The predicted molar refractivity (Wildman–Crippen MR) is 125 cm³/mol. The van der Waals surface area contributed by atoms with E-state index in [0.29, 0.717) is 28.1 Å². The van der Waals surface area contributed by atoms with Gasteiger partial charge in [-0.1, -0.05) is 24.8 Å². The van der Waals surface area contributed by atoms with Gasteiger partial charge >= 0.3 is 0 Å². The van der Waals surface area contributed by atoms with E-state index in [2.05, 4.69) is 11.9 Å². The Morgan fingerprint density at radius 1 is 0.906 bits per heavy atom. The molecule has 6 heteroatoms. The summed E-state index contributed by atoms with van der Waals surface area (Å²) < 4.78 is 7.60. The molecule has 0 spiro atoms. The van der Waals surface area contributed by atoms with Crippen LogP contribution >= 0.6 is 0 Å². The topological polar surface area (TPSA) is 84.5 Å². The normalized spacial score (nSPS) is 11.0. The van der Waals surface area contributed by atoms with Crippen molar-refractivity contribution in [1.29, 1.82) is 0 Å². The van der Waals surface area contributed by atoms with Crippen LogP contribution in [-0.4, -0.2) is 15.6 Å². The summed E-state index contributed by atoms with van der Waals surface area (Å²) in [4.78, 5) is 24.4. The molecule has 0 aliphatic carbocycles. The maximum absolute atomic E-state index is 12.9. The van der Waals surface area contributed by atoms with Crippen molar-refractivity contribution in [2.45, 2.75) is 0 Å². The van der Waals surface area contributed by atoms with Gasteiger partial charge in [0, 0.05) is 22.8 Å². The third-order valence-electron chi connectivity index (χ3n) is 5.29. The molecule has 0 saturated heterocycles. The molecule has 0 fully saturated rings. The molecule has 2 heterocycles. The van der Waals surface area contributed by atoms with Gasteiger partial charge in [-0.2, -0.15) is 0 Å².